The lowest BCUT2D eigenvalue weighted by atomic mass is 10.0. The molecule has 1 heterocycles. The van der Waals surface area contributed by atoms with Gasteiger partial charge in [-0.05, 0) is 30.7 Å². The third-order valence-corrected chi connectivity index (χ3v) is 2.91. The Morgan fingerprint density at radius 3 is 2.89 bits per heavy atom. The molecule has 94 valence electrons. The maximum Gasteiger partial charge on any atom is 0.321 e. The van der Waals surface area contributed by atoms with Crippen LogP contribution in [0.3, 0.4) is 0 Å². The van der Waals surface area contributed by atoms with Crippen LogP contribution in [0.4, 0.5) is 0 Å². The summed E-state index contributed by atoms with van der Waals surface area (Å²) in [5.74, 6) is -0.822. The van der Waals surface area contributed by atoms with E-state index in [0.29, 0.717) is 13.0 Å². The summed E-state index contributed by atoms with van der Waals surface area (Å²) in [6.07, 6.45) is 2.19. The summed E-state index contributed by atoms with van der Waals surface area (Å²) in [4.78, 5) is 15.4. The Bertz CT molecular complexity index is 549. The van der Waals surface area contributed by atoms with E-state index >= 15 is 0 Å². The molecule has 2 N–H and O–H groups in total. The van der Waals surface area contributed by atoms with Gasteiger partial charge in [0.25, 0.3) is 0 Å². The third kappa shape index (κ3) is 2.65. The number of hydrogen-bond donors (Lipinski definition) is 2. The van der Waals surface area contributed by atoms with Crippen LogP contribution in [0.5, 0.6) is 0 Å². The van der Waals surface area contributed by atoms with Crippen molar-refractivity contribution in [2.24, 2.45) is 0 Å². The molecule has 0 saturated heterocycles. The second kappa shape index (κ2) is 5.60. The normalized spacial score (nSPS) is 12.5. The Morgan fingerprint density at radius 2 is 2.17 bits per heavy atom. The number of nitrogens with one attached hydrogen (secondary N) is 1. The number of rotatable bonds is 5. The summed E-state index contributed by atoms with van der Waals surface area (Å²) in [7, 11) is 0. The van der Waals surface area contributed by atoms with E-state index in [1.807, 2.05) is 37.3 Å². The van der Waals surface area contributed by atoms with Gasteiger partial charge in [-0.2, -0.15) is 0 Å². The van der Waals surface area contributed by atoms with Gasteiger partial charge in [0.1, 0.15) is 6.04 Å². The highest BCUT2D eigenvalue weighted by Crippen LogP contribution is 2.17. The molecule has 0 aliphatic carbocycles. The van der Waals surface area contributed by atoms with Crippen LogP contribution in [-0.2, 0) is 11.2 Å². The third-order valence-electron chi connectivity index (χ3n) is 2.91. The standard InChI is InChI=1S/C14H16N2O2/c1-2-15-13(14(17)18)9-10-7-8-16-12-6-4-3-5-11(10)12/h3-8,13,15H,2,9H2,1H3,(H,17,18). The fourth-order valence-electron chi connectivity index (χ4n) is 2.05. The van der Waals surface area contributed by atoms with Crippen LogP contribution in [0, 0.1) is 0 Å². The number of benzene rings is 1. The number of aliphatic carboxylic acids is 1. The number of pyridine rings is 1. The molecular weight excluding hydrogens is 228 g/mol. The molecule has 18 heavy (non-hydrogen) atoms. The molecule has 4 nitrogen and oxygen atoms in total. The van der Waals surface area contributed by atoms with E-state index in [4.69, 9.17) is 5.11 Å². The number of fused-ring (bicyclic) bond motifs is 1. The molecule has 0 amide bonds. The Labute approximate surface area is 106 Å². The predicted octanol–water partition coefficient (Wildman–Crippen LogP) is 1.84. The number of hydrogen-bond acceptors (Lipinski definition) is 3. The number of carbonyl (C=O) groups is 1. The van der Waals surface area contributed by atoms with Crippen molar-refractivity contribution in [3.05, 3.63) is 42.1 Å². The molecule has 2 aromatic rings. The summed E-state index contributed by atoms with van der Waals surface area (Å²) < 4.78 is 0. The van der Waals surface area contributed by atoms with Gasteiger partial charge >= 0.3 is 5.97 Å². The van der Waals surface area contributed by atoms with E-state index in [-0.39, 0.29) is 0 Å². The fraction of sp³-hybridized carbons (Fsp3) is 0.286. The molecule has 1 unspecified atom stereocenters. The molecule has 0 aliphatic rings. The maximum absolute atomic E-state index is 11.2. The first-order valence-electron chi connectivity index (χ1n) is 6.01. The minimum atomic E-state index is -0.822. The molecule has 2 rings (SSSR count). The average Bonchev–Trinajstić information content (AvgIpc) is 2.38. The van der Waals surface area contributed by atoms with Gasteiger partial charge in [0, 0.05) is 11.6 Å². The highest BCUT2D eigenvalue weighted by molar-refractivity contribution is 5.83. The molecule has 1 atom stereocenters. The van der Waals surface area contributed by atoms with Gasteiger partial charge in [-0.3, -0.25) is 9.78 Å². The lowest BCUT2D eigenvalue weighted by molar-refractivity contribution is -0.139. The molecule has 0 aliphatic heterocycles. The van der Waals surface area contributed by atoms with Gasteiger partial charge < -0.3 is 10.4 Å². The molecule has 0 radical (unpaired) electrons. The van der Waals surface area contributed by atoms with Crippen LogP contribution < -0.4 is 5.32 Å². The molecule has 0 bridgehead atoms. The maximum atomic E-state index is 11.2. The van der Waals surface area contributed by atoms with E-state index in [1.54, 1.807) is 6.20 Å². The van der Waals surface area contributed by atoms with Gasteiger partial charge in [-0.25, -0.2) is 0 Å². The largest absolute Gasteiger partial charge is 0.480 e. The van der Waals surface area contributed by atoms with Crippen LogP contribution in [0.1, 0.15) is 12.5 Å². The molecule has 0 fully saturated rings. The Hall–Kier alpha value is -1.94. The van der Waals surface area contributed by atoms with Gasteiger partial charge in [0.05, 0.1) is 5.52 Å². The van der Waals surface area contributed by atoms with E-state index in [9.17, 15) is 4.79 Å². The highest BCUT2D eigenvalue weighted by Gasteiger charge is 2.17. The van der Waals surface area contributed by atoms with E-state index < -0.39 is 12.0 Å². The molecule has 4 heteroatoms. The smallest absolute Gasteiger partial charge is 0.321 e. The quantitative estimate of drug-likeness (QED) is 0.842. The molecule has 0 spiro atoms. The van der Waals surface area contributed by atoms with E-state index in [1.165, 1.54) is 0 Å². The Kier molecular flexibility index (Phi) is 3.89. The molecule has 1 aromatic heterocycles. The lowest BCUT2D eigenvalue weighted by Crippen LogP contribution is -2.38. The van der Waals surface area contributed by atoms with Crippen molar-refractivity contribution in [3.8, 4) is 0 Å². The number of aromatic nitrogens is 1. The van der Waals surface area contributed by atoms with Gasteiger partial charge in [-0.1, -0.05) is 25.1 Å². The van der Waals surface area contributed by atoms with Crippen molar-refractivity contribution in [2.75, 3.05) is 6.54 Å². The average molecular weight is 244 g/mol. The first-order chi connectivity index (χ1) is 8.72. The predicted molar refractivity (Wildman–Crippen MR) is 70.5 cm³/mol. The minimum absolute atomic E-state index is 0.464. The van der Waals surface area contributed by atoms with Crippen molar-refractivity contribution < 1.29 is 9.90 Å². The van der Waals surface area contributed by atoms with Gasteiger partial charge in [0.2, 0.25) is 0 Å². The summed E-state index contributed by atoms with van der Waals surface area (Å²) in [5, 5.41) is 13.2. The highest BCUT2D eigenvalue weighted by atomic mass is 16.4. The number of para-hydroxylation sites is 1. The van der Waals surface area contributed by atoms with Crippen molar-refractivity contribution >= 4 is 16.9 Å². The first-order valence-corrected chi connectivity index (χ1v) is 6.01. The number of carboxylic acid groups (broad SMARTS) is 1. The fourth-order valence-corrected chi connectivity index (χ4v) is 2.05. The van der Waals surface area contributed by atoms with Crippen molar-refractivity contribution in [3.63, 3.8) is 0 Å². The summed E-state index contributed by atoms with van der Waals surface area (Å²) in [5.41, 5.74) is 1.91. The number of carboxylic acids is 1. The Morgan fingerprint density at radius 1 is 1.39 bits per heavy atom. The second-order valence-corrected chi connectivity index (χ2v) is 4.14. The first kappa shape index (κ1) is 12.5. The number of nitrogens with zero attached hydrogens (tertiary/aromatic N) is 1. The van der Waals surface area contributed by atoms with Gasteiger partial charge in [-0.15, -0.1) is 0 Å². The zero-order valence-electron chi connectivity index (χ0n) is 10.3. The summed E-state index contributed by atoms with van der Waals surface area (Å²) in [6.45, 7) is 2.54. The molecule has 1 aromatic carbocycles. The summed E-state index contributed by atoms with van der Waals surface area (Å²) in [6, 6.07) is 9.11. The number of likely N-dealkylation sites (N-methyl/N-ethyl adjacent to an activating group) is 1. The SMILES string of the molecule is CCNC(Cc1ccnc2ccccc12)C(=O)O. The van der Waals surface area contributed by atoms with E-state index in [2.05, 4.69) is 10.3 Å². The van der Waals surface area contributed by atoms with Crippen LogP contribution in [-0.4, -0.2) is 28.6 Å². The molecular formula is C14H16N2O2. The second-order valence-electron chi connectivity index (χ2n) is 4.14. The Balaban J connectivity index is 2.33. The molecule has 0 saturated carbocycles. The van der Waals surface area contributed by atoms with Crippen LogP contribution in [0.15, 0.2) is 36.5 Å². The van der Waals surface area contributed by atoms with Gasteiger partial charge in [0.15, 0.2) is 0 Å². The monoisotopic (exact) mass is 244 g/mol. The van der Waals surface area contributed by atoms with Crippen LogP contribution in [0.2, 0.25) is 0 Å². The van der Waals surface area contributed by atoms with Crippen molar-refractivity contribution in [2.45, 2.75) is 19.4 Å². The van der Waals surface area contributed by atoms with Crippen LogP contribution in [0.25, 0.3) is 10.9 Å². The van der Waals surface area contributed by atoms with E-state index in [0.717, 1.165) is 16.5 Å². The topological polar surface area (TPSA) is 62.2 Å². The minimum Gasteiger partial charge on any atom is -0.480 e. The zero-order valence-corrected chi connectivity index (χ0v) is 10.3. The van der Waals surface area contributed by atoms with Crippen molar-refractivity contribution in [1.29, 1.82) is 0 Å². The van der Waals surface area contributed by atoms with Crippen molar-refractivity contribution in [1.82, 2.24) is 10.3 Å². The summed E-state index contributed by atoms with van der Waals surface area (Å²) >= 11 is 0. The van der Waals surface area contributed by atoms with Crippen LogP contribution >= 0.6 is 0 Å². The lowest BCUT2D eigenvalue weighted by Gasteiger charge is -2.14. The zero-order chi connectivity index (χ0) is 13.0.